The van der Waals surface area contributed by atoms with E-state index in [2.05, 4.69) is 37.1 Å². The van der Waals surface area contributed by atoms with Gasteiger partial charge in [0, 0.05) is 13.0 Å². The maximum atomic E-state index is 11.9. The number of nitrogens with zero attached hydrogens (tertiary/aromatic N) is 2. The lowest BCUT2D eigenvalue weighted by atomic mass is 10.1. The average Bonchev–Trinajstić information content (AvgIpc) is 2.46. The highest BCUT2D eigenvalue weighted by Crippen LogP contribution is 2.14. The van der Waals surface area contributed by atoms with Gasteiger partial charge in [-0.15, -0.1) is 0 Å². The van der Waals surface area contributed by atoms with Gasteiger partial charge in [-0.1, -0.05) is 32.9 Å². The summed E-state index contributed by atoms with van der Waals surface area (Å²) < 4.78 is 0. The lowest BCUT2D eigenvalue weighted by Gasteiger charge is -2.22. The van der Waals surface area contributed by atoms with Crippen LogP contribution in [0.1, 0.15) is 39.2 Å². The molecular formula is C17H25N3O. The van der Waals surface area contributed by atoms with Gasteiger partial charge in [0.2, 0.25) is 5.91 Å². The van der Waals surface area contributed by atoms with Crippen LogP contribution in [0.3, 0.4) is 0 Å². The second-order valence-corrected chi connectivity index (χ2v) is 5.60. The molecule has 0 unspecified atom stereocenters. The van der Waals surface area contributed by atoms with Crippen molar-refractivity contribution in [3.63, 3.8) is 0 Å². The van der Waals surface area contributed by atoms with Crippen LogP contribution < -0.4 is 5.32 Å². The van der Waals surface area contributed by atoms with Crippen molar-refractivity contribution in [1.82, 2.24) is 4.90 Å². The number of nitrogens with one attached hydrogen (secondary N) is 1. The van der Waals surface area contributed by atoms with E-state index < -0.39 is 0 Å². The van der Waals surface area contributed by atoms with Crippen molar-refractivity contribution < 1.29 is 4.79 Å². The first kappa shape index (κ1) is 17.2. The lowest BCUT2D eigenvalue weighted by molar-refractivity contribution is -0.116. The van der Waals surface area contributed by atoms with E-state index in [0.29, 0.717) is 23.6 Å². The highest BCUT2D eigenvalue weighted by atomic mass is 16.1. The maximum absolute atomic E-state index is 11.9. The molecule has 1 aromatic rings. The topological polar surface area (TPSA) is 56.1 Å². The van der Waals surface area contributed by atoms with Crippen LogP contribution in [0.5, 0.6) is 0 Å². The molecule has 1 N–H and O–H groups in total. The fourth-order valence-electron chi connectivity index (χ4n) is 2.26. The second-order valence-electron chi connectivity index (χ2n) is 5.60. The van der Waals surface area contributed by atoms with Crippen LogP contribution in [-0.4, -0.2) is 30.4 Å². The first-order valence-electron chi connectivity index (χ1n) is 7.58. The molecule has 0 heterocycles. The summed E-state index contributed by atoms with van der Waals surface area (Å²) in [7, 11) is 0. The predicted octanol–water partition coefficient (Wildman–Crippen LogP) is 3.25. The fraction of sp³-hybridized carbons (Fsp3) is 0.529. The van der Waals surface area contributed by atoms with Crippen molar-refractivity contribution in [2.45, 2.75) is 33.6 Å². The van der Waals surface area contributed by atoms with Crippen molar-refractivity contribution in [2.24, 2.45) is 5.92 Å². The molecule has 0 saturated heterocycles. The summed E-state index contributed by atoms with van der Waals surface area (Å²) in [5.41, 5.74) is 1.10. The van der Waals surface area contributed by atoms with Gasteiger partial charge >= 0.3 is 0 Å². The number of carbonyl (C=O) groups excluding carboxylic acids is 1. The van der Waals surface area contributed by atoms with Crippen LogP contribution in [-0.2, 0) is 4.79 Å². The van der Waals surface area contributed by atoms with Crippen LogP contribution in [0.2, 0.25) is 0 Å². The molecule has 0 aliphatic carbocycles. The third kappa shape index (κ3) is 6.42. The largest absolute Gasteiger partial charge is 0.325 e. The van der Waals surface area contributed by atoms with Gasteiger partial charge in [-0.3, -0.25) is 4.79 Å². The highest BCUT2D eigenvalue weighted by molar-refractivity contribution is 5.92. The number of hydrogen-bond acceptors (Lipinski definition) is 3. The minimum atomic E-state index is -0.0294. The van der Waals surface area contributed by atoms with Crippen molar-refractivity contribution in [2.75, 3.05) is 25.0 Å². The third-order valence-electron chi connectivity index (χ3n) is 3.27. The minimum Gasteiger partial charge on any atom is -0.325 e. The normalized spacial score (nSPS) is 10.7. The first-order valence-corrected chi connectivity index (χ1v) is 7.58. The van der Waals surface area contributed by atoms with E-state index in [-0.39, 0.29) is 5.91 Å². The zero-order valence-electron chi connectivity index (χ0n) is 13.2. The quantitative estimate of drug-likeness (QED) is 0.798. The third-order valence-corrected chi connectivity index (χ3v) is 3.27. The van der Waals surface area contributed by atoms with Crippen LogP contribution in [0, 0.1) is 17.2 Å². The predicted molar refractivity (Wildman–Crippen MR) is 86.0 cm³/mol. The van der Waals surface area contributed by atoms with Crippen molar-refractivity contribution in [3.05, 3.63) is 29.8 Å². The summed E-state index contributed by atoms with van der Waals surface area (Å²) >= 11 is 0. The molecule has 0 fully saturated rings. The molecule has 0 aliphatic rings. The molecule has 0 saturated carbocycles. The molecule has 0 radical (unpaired) electrons. The second kappa shape index (κ2) is 9.15. The van der Waals surface area contributed by atoms with Crippen LogP contribution in [0.25, 0.3) is 0 Å². The Labute approximate surface area is 127 Å². The Morgan fingerprint density at radius 2 is 2.10 bits per heavy atom. The van der Waals surface area contributed by atoms with E-state index in [9.17, 15) is 4.79 Å². The number of benzene rings is 1. The van der Waals surface area contributed by atoms with Gasteiger partial charge in [0.25, 0.3) is 0 Å². The molecule has 1 rings (SSSR count). The van der Waals surface area contributed by atoms with Crippen LogP contribution in [0.4, 0.5) is 5.69 Å². The maximum Gasteiger partial charge on any atom is 0.224 e. The summed E-state index contributed by atoms with van der Waals surface area (Å²) in [6.07, 6.45) is 1.31. The van der Waals surface area contributed by atoms with Crippen molar-refractivity contribution >= 4 is 11.6 Å². The number of nitriles is 1. The number of carbonyl (C=O) groups is 1. The monoisotopic (exact) mass is 287 g/mol. The summed E-state index contributed by atoms with van der Waals surface area (Å²) in [6, 6.07) is 9.15. The Kier molecular flexibility index (Phi) is 7.49. The van der Waals surface area contributed by atoms with E-state index in [1.807, 2.05) is 6.07 Å². The smallest absolute Gasteiger partial charge is 0.224 e. The van der Waals surface area contributed by atoms with Crippen molar-refractivity contribution in [1.29, 1.82) is 5.26 Å². The number of hydrogen-bond donors (Lipinski definition) is 1. The number of para-hydroxylation sites is 1. The molecule has 0 atom stereocenters. The molecule has 114 valence electrons. The summed E-state index contributed by atoms with van der Waals surface area (Å²) in [4.78, 5) is 14.3. The van der Waals surface area contributed by atoms with Gasteiger partial charge in [-0.25, -0.2) is 0 Å². The summed E-state index contributed by atoms with van der Waals surface area (Å²) in [5, 5.41) is 11.8. The lowest BCUT2D eigenvalue weighted by Crippen LogP contribution is -2.29. The van der Waals surface area contributed by atoms with E-state index >= 15 is 0 Å². The average molecular weight is 287 g/mol. The first-order chi connectivity index (χ1) is 10.1. The SMILES string of the molecule is CCN(CCCC(=O)Nc1ccccc1C#N)CC(C)C. The van der Waals surface area contributed by atoms with E-state index in [0.717, 1.165) is 26.1 Å². The standard InChI is InChI=1S/C17H25N3O/c1-4-20(13-14(2)3)11-7-10-17(21)19-16-9-6-5-8-15(16)12-18/h5-6,8-9,14H,4,7,10-11,13H2,1-3H3,(H,19,21). The molecular weight excluding hydrogens is 262 g/mol. The minimum absolute atomic E-state index is 0.0294. The molecule has 21 heavy (non-hydrogen) atoms. The number of amides is 1. The van der Waals surface area contributed by atoms with Gasteiger partial charge in [0.1, 0.15) is 6.07 Å². The molecule has 4 nitrogen and oxygen atoms in total. The van der Waals surface area contributed by atoms with Gasteiger partial charge in [-0.2, -0.15) is 5.26 Å². The summed E-state index contributed by atoms with van der Waals surface area (Å²) in [6.45, 7) is 9.56. The van der Waals surface area contributed by atoms with Crippen LogP contribution >= 0.6 is 0 Å². The van der Waals surface area contributed by atoms with Gasteiger partial charge in [-0.05, 0) is 37.6 Å². The van der Waals surface area contributed by atoms with E-state index in [1.165, 1.54) is 0 Å². The number of anilines is 1. The van der Waals surface area contributed by atoms with E-state index in [1.54, 1.807) is 18.2 Å². The molecule has 0 bridgehead atoms. The van der Waals surface area contributed by atoms with Gasteiger partial charge in [0.05, 0.1) is 11.3 Å². The summed E-state index contributed by atoms with van der Waals surface area (Å²) in [5.74, 6) is 0.611. The molecule has 1 aromatic carbocycles. The molecule has 0 aliphatic heterocycles. The molecule has 4 heteroatoms. The zero-order chi connectivity index (χ0) is 15.7. The van der Waals surface area contributed by atoms with Crippen LogP contribution in [0.15, 0.2) is 24.3 Å². The Balaban J connectivity index is 2.39. The van der Waals surface area contributed by atoms with Gasteiger partial charge in [0.15, 0.2) is 0 Å². The highest BCUT2D eigenvalue weighted by Gasteiger charge is 2.08. The molecule has 1 amide bonds. The Hall–Kier alpha value is -1.86. The van der Waals surface area contributed by atoms with Gasteiger partial charge < -0.3 is 10.2 Å². The fourth-order valence-corrected chi connectivity index (χ4v) is 2.26. The Morgan fingerprint density at radius 1 is 1.38 bits per heavy atom. The zero-order valence-corrected chi connectivity index (χ0v) is 13.2. The Bertz CT molecular complexity index is 491. The molecule has 0 aromatic heterocycles. The number of rotatable bonds is 8. The van der Waals surface area contributed by atoms with Crippen molar-refractivity contribution in [3.8, 4) is 6.07 Å². The van der Waals surface area contributed by atoms with E-state index in [4.69, 9.17) is 5.26 Å². The molecule has 0 spiro atoms. The Morgan fingerprint density at radius 3 is 2.71 bits per heavy atom.